The molecule has 2 fully saturated rings. The smallest absolute Gasteiger partial charge is 0.262 e. The first-order chi connectivity index (χ1) is 23.4. The van der Waals surface area contributed by atoms with Crippen LogP contribution in [0.1, 0.15) is 86.5 Å². The van der Waals surface area contributed by atoms with Crippen molar-refractivity contribution in [1.82, 2.24) is 20.4 Å². The third-order valence-corrected chi connectivity index (χ3v) is 7.58. The first-order valence-electron chi connectivity index (χ1n) is 14.5. The highest BCUT2D eigenvalue weighted by molar-refractivity contribution is 14.1. The van der Waals surface area contributed by atoms with Crippen LogP contribution in [-0.4, -0.2) is 75.7 Å². The van der Waals surface area contributed by atoms with Crippen LogP contribution in [0.3, 0.4) is 0 Å². The van der Waals surface area contributed by atoms with E-state index in [0.717, 1.165) is 27.5 Å². The number of benzene rings is 2. The number of rotatable bonds is 4. The van der Waals surface area contributed by atoms with E-state index in [-0.39, 0.29) is 61.3 Å². The molecule has 50 heavy (non-hydrogen) atoms. The number of terminal acetylenes is 2. The van der Waals surface area contributed by atoms with Crippen molar-refractivity contribution in [3.8, 4) is 24.7 Å². The molecule has 2 aromatic rings. The van der Waals surface area contributed by atoms with Crippen LogP contribution in [0.15, 0.2) is 36.4 Å². The van der Waals surface area contributed by atoms with E-state index in [2.05, 4.69) is 28.9 Å². The zero-order chi connectivity index (χ0) is 36.4. The largest absolute Gasteiger partial charge is 0.320 e. The van der Waals surface area contributed by atoms with Crippen molar-refractivity contribution in [2.75, 3.05) is 6.54 Å². The predicted molar refractivity (Wildman–Crippen MR) is 183 cm³/mol. The fourth-order valence-corrected chi connectivity index (χ4v) is 5.33. The van der Waals surface area contributed by atoms with Gasteiger partial charge in [0.25, 0.3) is 23.6 Å². The summed E-state index contributed by atoms with van der Waals surface area (Å²) in [4.78, 5) is 97.1. The number of carbonyl (C=O) groups excluding carboxylic acids is 8. The molecule has 4 aliphatic rings. The number of piperidine rings is 2. The normalized spacial score (nSPS) is 18.7. The molecule has 2 atom stereocenters. The highest BCUT2D eigenvalue weighted by Gasteiger charge is 2.46. The van der Waals surface area contributed by atoms with Gasteiger partial charge >= 0.3 is 0 Å². The van der Waals surface area contributed by atoms with E-state index < -0.39 is 59.3 Å². The van der Waals surface area contributed by atoms with Crippen molar-refractivity contribution in [2.45, 2.75) is 58.0 Å². The molecular weight excluding hydrogens is 771 g/mol. The van der Waals surface area contributed by atoms with E-state index in [1.165, 1.54) is 6.07 Å². The molecule has 16 heteroatoms. The van der Waals surface area contributed by atoms with Crippen LogP contribution < -0.4 is 16.4 Å². The van der Waals surface area contributed by atoms with E-state index in [4.69, 9.17) is 12.2 Å². The van der Waals surface area contributed by atoms with Crippen LogP contribution in [0.25, 0.3) is 0 Å². The molecule has 2 aromatic carbocycles. The lowest BCUT2D eigenvalue weighted by Gasteiger charge is -2.27. The van der Waals surface area contributed by atoms with Crippen molar-refractivity contribution >= 4 is 70.4 Å². The maximum absolute atomic E-state index is 13.2. The van der Waals surface area contributed by atoms with Crippen LogP contribution in [0.5, 0.6) is 0 Å². The van der Waals surface area contributed by atoms with Gasteiger partial charge < -0.3 is 5.73 Å². The minimum absolute atomic E-state index is 0. The van der Waals surface area contributed by atoms with Crippen LogP contribution in [0.2, 0.25) is 0 Å². The van der Waals surface area contributed by atoms with E-state index in [0.29, 0.717) is 42.6 Å². The summed E-state index contributed by atoms with van der Waals surface area (Å²) in [5.41, 5.74) is 6.24. The van der Waals surface area contributed by atoms with Gasteiger partial charge in [0.05, 0.1) is 28.8 Å². The van der Waals surface area contributed by atoms with E-state index in [1.54, 1.807) is 18.2 Å². The third-order valence-electron chi connectivity index (χ3n) is 7.58. The summed E-state index contributed by atoms with van der Waals surface area (Å²) in [6.45, 7) is 0.347. The highest BCUT2D eigenvalue weighted by Crippen LogP contribution is 2.29. The highest BCUT2D eigenvalue weighted by atomic mass is 127. The summed E-state index contributed by atoms with van der Waals surface area (Å²) in [6, 6.07) is 6.31. The number of hydrogen-bond acceptors (Lipinski definition) is 9. The molecule has 2 saturated heterocycles. The van der Waals surface area contributed by atoms with Crippen LogP contribution in [0.4, 0.5) is 7.25 Å². The lowest BCUT2D eigenvalue weighted by molar-refractivity contribution is -0.137. The number of nitrogens with two attached hydrogens (primary N) is 1. The number of imide groups is 4. The zero-order valence-electron chi connectivity index (χ0n) is 25.6. The predicted octanol–water partition coefficient (Wildman–Crippen LogP) is 2.40. The van der Waals surface area contributed by atoms with Gasteiger partial charge in [-0.25, -0.2) is 4.39 Å². The SMILES string of the molecule is C.C#CCCc1ccc2c(c1)C(=O)N(C1CCC(=O)NC1=O)C2=O.C#CCN.FI.O=C1CCC(N2C(=O)c3ccc(F)cc3C2=O)C(=O)N1. The first kappa shape index (κ1) is 40.8. The molecule has 0 bridgehead atoms. The van der Waals surface area contributed by atoms with Crippen LogP contribution in [0, 0.1) is 30.5 Å². The topological polar surface area (TPSA) is 193 Å². The molecule has 8 amide bonds. The van der Waals surface area contributed by atoms with Crippen molar-refractivity contribution in [2.24, 2.45) is 5.73 Å². The molecule has 2 unspecified atom stereocenters. The van der Waals surface area contributed by atoms with Crippen LogP contribution >= 0.6 is 23.2 Å². The zero-order valence-corrected chi connectivity index (χ0v) is 27.8. The molecule has 0 aromatic heterocycles. The van der Waals surface area contributed by atoms with Crippen LogP contribution in [-0.2, 0) is 25.6 Å². The summed E-state index contributed by atoms with van der Waals surface area (Å²) in [6.07, 6.45) is 11.4. The number of nitrogens with zero attached hydrogens (tertiary/aromatic N) is 2. The summed E-state index contributed by atoms with van der Waals surface area (Å²) >= 11 is 0.650. The van der Waals surface area contributed by atoms with Gasteiger partial charge in [-0.15, -0.1) is 18.8 Å². The molecular formula is C34H32F2IN5O8. The second-order valence-corrected chi connectivity index (χ2v) is 10.6. The second-order valence-electron chi connectivity index (χ2n) is 10.6. The summed E-state index contributed by atoms with van der Waals surface area (Å²) in [5.74, 6) is -0.356. The maximum Gasteiger partial charge on any atom is 0.262 e. The fourth-order valence-electron chi connectivity index (χ4n) is 5.33. The Morgan fingerprint density at radius 1 is 0.720 bits per heavy atom. The van der Waals surface area contributed by atoms with Gasteiger partial charge in [-0.05, 0) is 55.2 Å². The van der Waals surface area contributed by atoms with E-state index in [1.807, 2.05) is 0 Å². The molecule has 4 aliphatic heterocycles. The average molecular weight is 804 g/mol. The minimum Gasteiger partial charge on any atom is -0.320 e. The number of hydrogen-bond donors (Lipinski definition) is 3. The lowest BCUT2D eigenvalue weighted by Crippen LogP contribution is -2.54. The quantitative estimate of drug-likeness (QED) is 0.237. The Bertz CT molecular complexity index is 1820. The monoisotopic (exact) mass is 803 g/mol. The molecule has 0 saturated carbocycles. The average Bonchev–Trinajstić information content (AvgIpc) is 3.48. The molecule has 13 nitrogen and oxygen atoms in total. The number of fused-ring (bicyclic) bond motifs is 2. The molecule has 0 radical (unpaired) electrons. The molecule has 4 N–H and O–H groups in total. The molecule has 0 aliphatic carbocycles. The van der Waals surface area contributed by atoms with Crippen molar-refractivity contribution in [3.63, 3.8) is 0 Å². The standard InChI is InChI=1S/C17H14N2O4.C13H9FN2O4.C3H5N.CH4.FI/c1-2-3-4-10-5-6-11-12(9-10)17(23)19(16(11)22)13-7-8-14(20)18-15(13)21;14-6-1-2-7-8(5-6)13(20)16(12(7)19)9-3-4-10(17)15-11(9)18;1-2-3-4;;1-2/h1,5-6,9,13H,3-4,7-8H2,(H,18,20,21);1-2,5,9H,3-4H2,(H,15,17,18);1H,3-4H2;1H4;. The molecule has 0 spiro atoms. The maximum atomic E-state index is 13.2. The van der Waals surface area contributed by atoms with Gasteiger partial charge in [-0.2, -0.15) is 2.86 Å². The summed E-state index contributed by atoms with van der Waals surface area (Å²) < 4.78 is 22.6. The lowest BCUT2D eigenvalue weighted by atomic mass is 10.0. The Balaban J connectivity index is 0.000000297. The fraction of sp³-hybridized carbons (Fsp3) is 0.294. The minimum atomic E-state index is -1.02. The Labute approximate surface area is 300 Å². The Morgan fingerprint density at radius 2 is 1.14 bits per heavy atom. The van der Waals surface area contributed by atoms with E-state index in [9.17, 15) is 45.6 Å². The second kappa shape index (κ2) is 18.4. The van der Waals surface area contributed by atoms with Gasteiger partial charge in [-0.1, -0.05) is 19.4 Å². The van der Waals surface area contributed by atoms with Crippen molar-refractivity contribution < 1.29 is 45.6 Å². The Kier molecular flexibility index (Phi) is 15.1. The van der Waals surface area contributed by atoms with Gasteiger partial charge in [-0.3, -0.25) is 58.8 Å². The van der Waals surface area contributed by atoms with Crippen molar-refractivity contribution in [1.29, 1.82) is 0 Å². The number of aryl methyl sites for hydroxylation is 1. The van der Waals surface area contributed by atoms with Gasteiger partial charge in [0.15, 0.2) is 23.2 Å². The summed E-state index contributed by atoms with van der Waals surface area (Å²) in [7, 11) is 0. The molecule has 4 heterocycles. The Morgan fingerprint density at radius 3 is 1.56 bits per heavy atom. The Hall–Kier alpha value is -5.33. The molecule has 6 rings (SSSR count). The number of carbonyl (C=O) groups is 8. The molecule has 262 valence electrons. The van der Waals surface area contributed by atoms with E-state index >= 15 is 0 Å². The third kappa shape index (κ3) is 8.82. The summed E-state index contributed by atoms with van der Waals surface area (Å²) in [5, 5.41) is 4.25. The number of halogens is 3. The van der Waals surface area contributed by atoms with Crippen molar-refractivity contribution in [3.05, 3.63) is 70.0 Å². The number of amides is 8. The first-order valence-corrected chi connectivity index (χ1v) is 15.3. The van der Waals surface area contributed by atoms with Gasteiger partial charge in [0.2, 0.25) is 23.6 Å². The van der Waals surface area contributed by atoms with Gasteiger partial charge in [0.1, 0.15) is 17.9 Å². The van der Waals surface area contributed by atoms with Gasteiger partial charge in [0, 0.05) is 19.3 Å². The number of nitrogens with one attached hydrogen (secondary N) is 2.